The molecule has 1 atom stereocenters. The summed E-state index contributed by atoms with van der Waals surface area (Å²) in [5.41, 5.74) is 0.118. The van der Waals surface area contributed by atoms with Gasteiger partial charge in [-0.2, -0.15) is 0 Å². The zero-order valence-electron chi connectivity index (χ0n) is 11.1. The number of halogens is 1. The normalized spacial score (nSPS) is 19.9. The Kier molecular flexibility index (Phi) is 3.99. The van der Waals surface area contributed by atoms with E-state index in [0.717, 1.165) is 25.6 Å². The summed E-state index contributed by atoms with van der Waals surface area (Å²) in [6.45, 7) is 6.04. The maximum Gasteiger partial charge on any atom is 0.271 e. The zero-order valence-corrected chi connectivity index (χ0v) is 11.1. The number of rotatable bonds is 4. The smallest absolute Gasteiger partial charge is 0.271 e. The molecule has 1 saturated heterocycles. The Labute approximate surface area is 111 Å². The first kappa shape index (κ1) is 13.7. The van der Waals surface area contributed by atoms with Gasteiger partial charge in [0.05, 0.1) is 10.6 Å². The van der Waals surface area contributed by atoms with E-state index < -0.39 is 10.7 Å². The van der Waals surface area contributed by atoms with Crippen LogP contribution in [0.5, 0.6) is 0 Å². The molecule has 104 valence electrons. The second-order valence-corrected chi connectivity index (χ2v) is 5.14. The van der Waals surface area contributed by atoms with Crippen LogP contribution in [0, 0.1) is 15.9 Å². The molecule has 2 rings (SSSR count). The second-order valence-electron chi connectivity index (χ2n) is 5.14. The van der Waals surface area contributed by atoms with Gasteiger partial charge in [0.15, 0.2) is 0 Å². The first-order chi connectivity index (χ1) is 8.97. The molecular weight excluding hydrogens is 249 g/mol. The summed E-state index contributed by atoms with van der Waals surface area (Å²) in [7, 11) is 0. The third-order valence-corrected chi connectivity index (χ3v) is 3.47. The minimum Gasteiger partial charge on any atom is -0.378 e. The summed E-state index contributed by atoms with van der Waals surface area (Å²) >= 11 is 0. The Morgan fingerprint density at radius 2 is 2.26 bits per heavy atom. The Balaban J connectivity index is 2.07. The van der Waals surface area contributed by atoms with Gasteiger partial charge in [-0.3, -0.25) is 15.0 Å². The molecule has 0 aliphatic carbocycles. The molecule has 1 aromatic rings. The maximum atomic E-state index is 13.6. The molecule has 1 N–H and O–H groups in total. The summed E-state index contributed by atoms with van der Waals surface area (Å²) in [5, 5.41) is 13.8. The van der Waals surface area contributed by atoms with Gasteiger partial charge in [-0.15, -0.1) is 0 Å². The number of nitrogens with one attached hydrogen (secondary N) is 1. The standard InChI is InChI=1S/C13H18FN3O2/c1-9(2)16-6-5-10(8-16)15-13-7-11(17(18)19)3-4-12(13)14/h3-4,7,9-10,15H,5-6,8H2,1-2H3. The number of nitro benzene ring substituents is 1. The van der Waals surface area contributed by atoms with Crippen molar-refractivity contribution >= 4 is 11.4 Å². The third kappa shape index (κ3) is 3.20. The van der Waals surface area contributed by atoms with Crippen LogP contribution in [-0.2, 0) is 0 Å². The molecule has 0 radical (unpaired) electrons. The molecule has 0 amide bonds. The van der Waals surface area contributed by atoms with Crippen LogP contribution >= 0.6 is 0 Å². The average molecular weight is 267 g/mol. The third-order valence-electron chi connectivity index (χ3n) is 3.47. The van der Waals surface area contributed by atoms with Crippen molar-refractivity contribution in [1.29, 1.82) is 0 Å². The molecule has 1 aliphatic heterocycles. The van der Waals surface area contributed by atoms with Gasteiger partial charge < -0.3 is 5.32 Å². The minimum absolute atomic E-state index is 0.0948. The van der Waals surface area contributed by atoms with Gasteiger partial charge in [-0.25, -0.2) is 4.39 Å². The van der Waals surface area contributed by atoms with Crippen molar-refractivity contribution in [3.63, 3.8) is 0 Å². The van der Waals surface area contributed by atoms with E-state index in [9.17, 15) is 14.5 Å². The highest BCUT2D eigenvalue weighted by molar-refractivity contribution is 5.53. The lowest BCUT2D eigenvalue weighted by Crippen LogP contribution is -2.31. The zero-order chi connectivity index (χ0) is 14.0. The number of non-ortho nitro benzene ring substituents is 1. The fourth-order valence-corrected chi connectivity index (χ4v) is 2.33. The Morgan fingerprint density at radius 1 is 1.53 bits per heavy atom. The van der Waals surface area contributed by atoms with Crippen LogP contribution in [0.1, 0.15) is 20.3 Å². The Morgan fingerprint density at radius 3 is 2.84 bits per heavy atom. The number of hydrogen-bond acceptors (Lipinski definition) is 4. The van der Waals surface area contributed by atoms with E-state index in [-0.39, 0.29) is 17.4 Å². The average Bonchev–Trinajstić information content (AvgIpc) is 2.80. The molecule has 1 heterocycles. The van der Waals surface area contributed by atoms with Crippen LogP contribution in [0.25, 0.3) is 0 Å². The highest BCUT2D eigenvalue weighted by Crippen LogP contribution is 2.24. The maximum absolute atomic E-state index is 13.6. The van der Waals surface area contributed by atoms with E-state index in [1.54, 1.807) is 0 Å². The topological polar surface area (TPSA) is 58.4 Å². The van der Waals surface area contributed by atoms with E-state index in [0.29, 0.717) is 6.04 Å². The molecule has 0 aromatic heterocycles. The van der Waals surface area contributed by atoms with Crippen molar-refractivity contribution in [3.05, 3.63) is 34.1 Å². The lowest BCUT2D eigenvalue weighted by atomic mass is 10.2. The molecule has 1 fully saturated rings. The minimum atomic E-state index is -0.514. The van der Waals surface area contributed by atoms with E-state index in [1.807, 2.05) is 0 Å². The van der Waals surface area contributed by atoms with Crippen LogP contribution in [0.2, 0.25) is 0 Å². The van der Waals surface area contributed by atoms with Gasteiger partial charge in [-0.1, -0.05) is 0 Å². The van der Waals surface area contributed by atoms with Crippen molar-refractivity contribution in [2.24, 2.45) is 0 Å². The quantitative estimate of drug-likeness (QED) is 0.673. The highest BCUT2D eigenvalue weighted by atomic mass is 19.1. The van der Waals surface area contributed by atoms with Crippen LogP contribution in [-0.4, -0.2) is 35.0 Å². The molecular formula is C13H18FN3O2. The predicted octanol–water partition coefficient (Wildman–Crippen LogP) is 2.63. The fraction of sp³-hybridized carbons (Fsp3) is 0.538. The molecule has 0 bridgehead atoms. The first-order valence-electron chi connectivity index (χ1n) is 6.42. The van der Waals surface area contributed by atoms with E-state index in [1.165, 1.54) is 12.1 Å². The number of nitro groups is 1. The summed E-state index contributed by atoms with van der Waals surface area (Å²) in [6, 6.07) is 4.17. The Hall–Kier alpha value is -1.69. The summed E-state index contributed by atoms with van der Waals surface area (Å²) < 4.78 is 13.6. The van der Waals surface area contributed by atoms with E-state index >= 15 is 0 Å². The van der Waals surface area contributed by atoms with E-state index in [2.05, 4.69) is 24.1 Å². The van der Waals surface area contributed by atoms with Gasteiger partial charge >= 0.3 is 0 Å². The molecule has 5 nitrogen and oxygen atoms in total. The highest BCUT2D eigenvalue weighted by Gasteiger charge is 2.25. The van der Waals surface area contributed by atoms with Crippen LogP contribution in [0.4, 0.5) is 15.8 Å². The number of likely N-dealkylation sites (tertiary alicyclic amines) is 1. The van der Waals surface area contributed by atoms with Gasteiger partial charge in [0.2, 0.25) is 0 Å². The van der Waals surface area contributed by atoms with Gasteiger partial charge in [0.1, 0.15) is 5.82 Å². The lowest BCUT2D eigenvalue weighted by Gasteiger charge is -2.20. The summed E-state index contributed by atoms with van der Waals surface area (Å²) in [4.78, 5) is 12.5. The molecule has 19 heavy (non-hydrogen) atoms. The number of benzene rings is 1. The van der Waals surface area contributed by atoms with Crippen molar-refractivity contribution in [3.8, 4) is 0 Å². The number of nitrogens with zero attached hydrogens (tertiary/aromatic N) is 2. The number of hydrogen-bond donors (Lipinski definition) is 1. The summed E-state index contributed by atoms with van der Waals surface area (Å²) in [5.74, 6) is -0.450. The van der Waals surface area contributed by atoms with E-state index in [4.69, 9.17) is 0 Å². The number of anilines is 1. The van der Waals surface area contributed by atoms with Crippen molar-refractivity contribution in [2.75, 3.05) is 18.4 Å². The van der Waals surface area contributed by atoms with Gasteiger partial charge in [0, 0.05) is 37.3 Å². The SMILES string of the molecule is CC(C)N1CCC(Nc2cc([N+](=O)[O-])ccc2F)C1. The first-order valence-corrected chi connectivity index (χ1v) is 6.42. The molecule has 1 unspecified atom stereocenters. The van der Waals surface area contributed by atoms with Crippen molar-refractivity contribution < 1.29 is 9.31 Å². The molecule has 6 heteroatoms. The van der Waals surface area contributed by atoms with Crippen LogP contribution < -0.4 is 5.32 Å². The van der Waals surface area contributed by atoms with Gasteiger partial charge in [0.25, 0.3) is 5.69 Å². The van der Waals surface area contributed by atoms with Gasteiger partial charge in [-0.05, 0) is 26.3 Å². The second kappa shape index (κ2) is 5.52. The Bertz CT molecular complexity index is 479. The molecule has 1 aliphatic rings. The van der Waals surface area contributed by atoms with Crippen molar-refractivity contribution in [1.82, 2.24) is 4.90 Å². The molecule has 0 spiro atoms. The molecule has 0 saturated carbocycles. The lowest BCUT2D eigenvalue weighted by molar-refractivity contribution is -0.384. The van der Waals surface area contributed by atoms with Crippen LogP contribution in [0.15, 0.2) is 18.2 Å². The van der Waals surface area contributed by atoms with Crippen LogP contribution in [0.3, 0.4) is 0 Å². The summed E-state index contributed by atoms with van der Waals surface area (Å²) in [6.07, 6.45) is 0.917. The largest absolute Gasteiger partial charge is 0.378 e. The monoisotopic (exact) mass is 267 g/mol. The predicted molar refractivity (Wildman–Crippen MR) is 71.8 cm³/mol. The van der Waals surface area contributed by atoms with Crippen molar-refractivity contribution in [2.45, 2.75) is 32.4 Å². The fourth-order valence-electron chi connectivity index (χ4n) is 2.33. The molecule has 1 aromatic carbocycles.